The Morgan fingerprint density at radius 2 is 1.97 bits per heavy atom. The Hall–Kier alpha value is -4.04. The summed E-state index contributed by atoms with van der Waals surface area (Å²) in [4.78, 5) is 14.1. The van der Waals surface area contributed by atoms with Crippen LogP contribution in [0.4, 0.5) is 5.82 Å². The van der Waals surface area contributed by atoms with E-state index in [1.807, 2.05) is 36.5 Å². The van der Waals surface area contributed by atoms with Crippen LogP contribution >= 0.6 is 0 Å². The van der Waals surface area contributed by atoms with E-state index in [2.05, 4.69) is 39.8 Å². The lowest BCUT2D eigenvalue weighted by Gasteiger charge is -2.14. The molecule has 5 aromatic rings. The highest BCUT2D eigenvalue weighted by atomic mass is 16.5. The Balaban J connectivity index is 1.60. The summed E-state index contributed by atoms with van der Waals surface area (Å²) >= 11 is 0. The van der Waals surface area contributed by atoms with Crippen molar-refractivity contribution >= 4 is 17.0 Å². The third-order valence-corrected chi connectivity index (χ3v) is 6.47. The van der Waals surface area contributed by atoms with Crippen molar-refractivity contribution in [3.63, 3.8) is 0 Å². The van der Waals surface area contributed by atoms with Gasteiger partial charge in [-0.25, -0.2) is 19.6 Å². The van der Waals surface area contributed by atoms with Crippen LogP contribution in [0.15, 0.2) is 67.1 Å². The second-order valence-electron chi connectivity index (χ2n) is 8.32. The lowest BCUT2D eigenvalue weighted by Crippen LogP contribution is -2.13. The standard InChI is InChI=1S/C25H23N7O/c1-15-18-7-6-17(13-16(18)14-21(15)33-2)32-24(19-5-3-10-27-23(19)26)29-20-8-9-22(30-25(20)32)31-12-4-11-28-31/h3-13,15,21H,14H2,1-2H3,(H2,26,27)/t15-,21?/m1/s1. The number of methoxy groups -OCH3 is 1. The van der Waals surface area contributed by atoms with E-state index in [-0.39, 0.29) is 6.10 Å². The minimum Gasteiger partial charge on any atom is -0.383 e. The fraction of sp³-hybridized carbons (Fsp3) is 0.200. The summed E-state index contributed by atoms with van der Waals surface area (Å²) in [6.07, 6.45) is 6.36. The summed E-state index contributed by atoms with van der Waals surface area (Å²) in [6.45, 7) is 2.21. The van der Waals surface area contributed by atoms with E-state index in [0.717, 1.165) is 28.8 Å². The molecule has 0 saturated heterocycles. The Bertz CT molecular complexity index is 1470. The van der Waals surface area contributed by atoms with Gasteiger partial charge in [0.05, 0.1) is 11.7 Å². The molecule has 1 aliphatic rings. The van der Waals surface area contributed by atoms with Gasteiger partial charge in [0.1, 0.15) is 11.3 Å². The molecule has 0 aliphatic heterocycles. The molecule has 0 saturated carbocycles. The van der Waals surface area contributed by atoms with Crippen molar-refractivity contribution < 1.29 is 4.74 Å². The third-order valence-electron chi connectivity index (χ3n) is 6.47. The molecule has 0 bridgehead atoms. The molecule has 164 valence electrons. The maximum absolute atomic E-state index is 6.26. The first-order chi connectivity index (χ1) is 16.1. The molecule has 33 heavy (non-hydrogen) atoms. The number of imidazole rings is 1. The molecule has 8 nitrogen and oxygen atoms in total. The molecule has 8 heteroatoms. The zero-order valence-electron chi connectivity index (χ0n) is 18.4. The van der Waals surface area contributed by atoms with Gasteiger partial charge in [0.2, 0.25) is 0 Å². The first-order valence-corrected chi connectivity index (χ1v) is 10.9. The first kappa shape index (κ1) is 19.6. The third kappa shape index (κ3) is 3.10. The molecule has 1 aromatic carbocycles. The van der Waals surface area contributed by atoms with Crippen molar-refractivity contribution in [1.29, 1.82) is 0 Å². The predicted molar refractivity (Wildman–Crippen MR) is 127 cm³/mol. The Kier molecular flexibility index (Phi) is 4.48. The first-order valence-electron chi connectivity index (χ1n) is 10.9. The molecule has 4 aromatic heterocycles. The van der Waals surface area contributed by atoms with Gasteiger partial charge < -0.3 is 10.5 Å². The monoisotopic (exact) mass is 437 g/mol. The predicted octanol–water partition coefficient (Wildman–Crippen LogP) is 3.93. The minimum absolute atomic E-state index is 0.188. The van der Waals surface area contributed by atoms with Crippen LogP contribution in [0.2, 0.25) is 0 Å². The average molecular weight is 438 g/mol. The number of benzene rings is 1. The van der Waals surface area contributed by atoms with Crippen LogP contribution in [0.1, 0.15) is 24.0 Å². The molecule has 4 heterocycles. The maximum atomic E-state index is 6.26. The molecule has 0 spiro atoms. The highest BCUT2D eigenvalue weighted by Crippen LogP contribution is 2.37. The quantitative estimate of drug-likeness (QED) is 0.458. The van der Waals surface area contributed by atoms with Gasteiger partial charge >= 0.3 is 0 Å². The van der Waals surface area contributed by atoms with Gasteiger partial charge in [-0.05, 0) is 60.0 Å². The fourth-order valence-corrected chi connectivity index (χ4v) is 4.74. The number of aromatic nitrogens is 6. The van der Waals surface area contributed by atoms with Gasteiger partial charge in [-0.1, -0.05) is 13.0 Å². The summed E-state index contributed by atoms with van der Waals surface area (Å²) < 4.78 is 9.50. The number of pyridine rings is 2. The Morgan fingerprint density at radius 3 is 2.76 bits per heavy atom. The second kappa shape index (κ2) is 7.53. The Morgan fingerprint density at radius 1 is 1.06 bits per heavy atom. The summed E-state index contributed by atoms with van der Waals surface area (Å²) in [6, 6.07) is 16.1. The number of hydrogen-bond acceptors (Lipinski definition) is 6. The maximum Gasteiger partial charge on any atom is 0.167 e. The summed E-state index contributed by atoms with van der Waals surface area (Å²) in [5.74, 6) is 2.20. The number of ether oxygens (including phenoxy) is 1. The van der Waals surface area contributed by atoms with Crippen LogP contribution in [0.25, 0.3) is 34.1 Å². The van der Waals surface area contributed by atoms with Crippen molar-refractivity contribution in [2.75, 3.05) is 12.8 Å². The van der Waals surface area contributed by atoms with E-state index >= 15 is 0 Å². The molecule has 1 aliphatic carbocycles. The summed E-state index contributed by atoms with van der Waals surface area (Å²) in [7, 11) is 1.78. The van der Waals surface area contributed by atoms with E-state index in [4.69, 9.17) is 20.4 Å². The number of anilines is 1. The van der Waals surface area contributed by atoms with E-state index in [0.29, 0.717) is 23.4 Å². The van der Waals surface area contributed by atoms with Gasteiger partial charge in [-0.3, -0.25) is 4.57 Å². The number of nitrogens with zero attached hydrogens (tertiary/aromatic N) is 6. The van der Waals surface area contributed by atoms with Crippen molar-refractivity contribution in [2.45, 2.75) is 25.4 Å². The summed E-state index contributed by atoms with van der Waals surface area (Å²) in [5.41, 5.74) is 12.1. The smallest absolute Gasteiger partial charge is 0.167 e. The van der Waals surface area contributed by atoms with Crippen LogP contribution < -0.4 is 5.73 Å². The normalized spacial score (nSPS) is 17.5. The van der Waals surface area contributed by atoms with Gasteiger partial charge in [-0.2, -0.15) is 5.10 Å². The van der Waals surface area contributed by atoms with Crippen LogP contribution in [-0.2, 0) is 11.2 Å². The van der Waals surface area contributed by atoms with Crippen molar-refractivity contribution in [1.82, 2.24) is 29.3 Å². The highest BCUT2D eigenvalue weighted by molar-refractivity contribution is 5.83. The van der Waals surface area contributed by atoms with Crippen LogP contribution in [0, 0.1) is 0 Å². The van der Waals surface area contributed by atoms with E-state index < -0.39 is 0 Å². The van der Waals surface area contributed by atoms with Gasteiger partial charge in [0.15, 0.2) is 17.3 Å². The molecular weight excluding hydrogens is 414 g/mol. The number of hydrogen-bond donors (Lipinski definition) is 1. The van der Waals surface area contributed by atoms with Gasteiger partial charge in [0, 0.05) is 37.3 Å². The van der Waals surface area contributed by atoms with Crippen molar-refractivity contribution in [3.05, 3.63) is 78.2 Å². The van der Waals surface area contributed by atoms with E-state index in [1.54, 1.807) is 24.2 Å². The molecule has 2 N–H and O–H groups in total. The lowest BCUT2D eigenvalue weighted by atomic mass is 10.0. The molecule has 0 radical (unpaired) electrons. The summed E-state index contributed by atoms with van der Waals surface area (Å²) in [5, 5.41) is 4.33. The molecule has 2 atom stereocenters. The highest BCUT2D eigenvalue weighted by Gasteiger charge is 2.30. The SMILES string of the molecule is COC1Cc2cc(-n3c(-c4cccnc4N)nc4ccc(-n5cccn5)nc43)ccc2[C@H]1C. The molecule has 0 fully saturated rings. The van der Waals surface area contributed by atoms with E-state index in [1.165, 1.54) is 11.1 Å². The molecule has 6 rings (SSSR count). The van der Waals surface area contributed by atoms with Crippen LogP contribution in [-0.4, -0.2) is 42.5 Å². The van der Waals surface area contributed by atoms with Crippen molar-refractivity contribution in [2.24, 2.45) is 0 Å². The zero-order valence-corrected chi connectivity index (χ0v) is 18.4. The number of rotatable bonds is 4. The van der Waals surface area contributed by atoms with Gasteiger partial charge in [0.25, 0.3) is 0 Å². The molecular formula is C25H23N7O. The molecule has 1 unspecified atom stereocenters. The topological polar surface area (TPSA) is 96.7 Å². The second-order valence-corrected chi connectivity index (χ2v) is 8.32. The van der Waals surface area contributed by atoms with Crippen molar-refractivity contribution in [3.8, 4) is 22.9 Å². The zero-order chi connectivity index (χ0) is 22.5. The fourth-order valence-electron chi connectivity index (χ4n) is 4.74. The van der Waals surface area contributed by atoms with Crippen LogP contribution in [0.5, 0.6) is 0 Å². The van der Waals surface area contributed by atoms with Crippen LogP contribution in [0.3, 0.4) is 0 Å². The lowest BCUT2D eigenvalue weighted by molar-refractivity contribution is 0.0938. The number of nitrogens with two attached hydrogens (primary N) is 1. The molecule has 0 amide bonds. The largest absolute Gasteiger partial charge is 0.383 e. The average Bonchev–Trinajstić information content (AvgIpc) is 3.56. The number of nitrogen functional groups attached to an aromatic ring is 1. The Labute approximate surface area is 190 Å². The minimum atomic E-state index is 0.188. The number of fused-ring (bicyclic) bond motifs is 2. The van der Waals surface area contributed by atoms with Gasteiger partial charge in [-0.15, -0.1) is 0 Å². The van der Waals surface area contributed by atoms with E-state index in [9.17, 15) is 0 Å².